The van der Waals surface area contributed by atoms with Crippen LogP contribution in [0, 0.1) is 5.92 Å². The molecule has 3 saturated heterocycles. The monoisotopic (exact) mass is 254 g/mol. The third-order valence-electron chi connectivity index (χ3n) is 4.05. The molecule has 6 heteroatoms. The van der Waals surface area contributed by atoms with Gasteiger partial charge in [0.1, 0.15) is 5.54 Å². The molecule has 0 aromatic heterocycles. The normalized spacial score (nSPS) is 33.4. The number of amides is 3. The Morgan fingerprint density at radius 2 is 2.00 bits per heavy atom. The molecule has 0 bridgehead atoms. The van der Waals surface area contributed by atoms with Gasteiger partial charge in [-0.15, -0.1) is 0 Å². The first-order valence-electron chi connectivity index (χ1n) is 6.51. The minimum Gasteiger partial charge on any atom is -0.381 e. The average Bonchev–Trinajstić information content (AvgIpc) is 2.93. The fraction of sp³-hybridized carbons (Fsp3) is 0.833. The zero-order chi connectivity index (χ0) is 12.6. The molecule has 3 amide bonds. The van der Waals surface area contributed by atoms with E-state index in [1.165, 1.54) is 4.90 Å². The second-order valence-electron chi connectivity index (χ2n) is 5.29. The van der Waals surface area contributed by atoms with Crippen molar-refractivity contribution in [1.82, 2.24) is 10.2 Å². The molecule has 1 atom stereocenters. The summed E-state index contributed by atoms with van der Waals surface area (Å²) in [6, 6.07) is -0.267. The zero-order valence-electron chi connectivity index (χ0n) is 10.3. The summed E-state index contributed by atoms with van der Waals surface area (Å²) in [7, 11) is 0. The van der Waals surface area contributed by atoms with Crippen molar-refractivity contribution in [3.8, 4) is 0 Å². The Morgan fingerprint density at radius 1 is 1.22 bits per heavy atom. The number of ether oxygens (including phenoxy) is 2. The largest absolute Gasteiger partial charge is 0.381 e. The summed E-state index contributed by atoms with van der Waals surface area (Å²) >= 11 is 0. The number of nitrogens with zero attached hydrogens (tertiary/aromatic N) is 1. The second-order valence-corrected chi connectivity index (χ2v) is 5.29. The van der Waals surface area contributed by atoms with E-state index in [9.17, 15) is 9.59 Å². The first kappa shape index (κ1) is 11.9. The summed E-state index contributed by atoms with van der Waals surface area (Å²) in [5, 5.41) is 2.80. The van der Waals surface area contributed by atoms with Gasteiger partial charge < -0.3 is 14.8 Å². The van der Waals surface area contributed by atoms with E-state index in [2.05, 4.69) is 5.32 Å². The molecule has 0 saturated carbocycles. The Morgan fingerprint density at radius 3 is 2.67 bits per heavy atom. The predicted octanol–water partition coefficient (Wildman–Crippen LogP) is 0.124. The van der Waals surface area contributed by atoms with Crippen LogP contribution in [0.1, 0.15) is 19.3 Å². The third kappa shape index (κ3) is 1.89. The van der Waals surface area contributed by atoms with Crippen LogP contribution in [0.3, 0.4) is 0 Å². The van der Waals surface area contributed by atoms with Crippen LogP contribution in [0.15, 0.2) is 0 Å². The smallest absolute Gasteiger partial charge is 0.325 e. The van der Waals surface area contributed by atoms with Crippen molar-refractivity contribution in [1.29, 1.82) is 0 Å². The lowest BCUT2D eigenvalue weighted by molar-refractivity contribution is -0.132. The molecular formula is C12H18N2O4. The van der Waals surface area contributed by atoms with E-state index in [0.29, 0.717) is 32.1 Å². The topological polar surface area (TPSA) is 67.9 Å². The molecule has 1 spiro atoms. The van der Waals surface area contributed by atoms with E-state index in [-0.39, 0.29) is 11.9 Å². The summed E-state index contributed by atoms with van der Waals surface area (Å²) in [6.45, 7) is 2.81. The van der Waals surface area contributed by atoms with Gasteiger partial charge in [-0.1, -0.05) is 0 Å². The maximum absolute atomic E-state index is 12.3. The average molecular weight is 254 g/mol. The van der Waals surface area contributed by atoms with Crippen molar-refractivity contribution in [2.45, 2.75) is 24.8 Å². The Kier molecular flexibility index (Phi) is 2.99. The molecule has 3 rings (SSSR count). The molecule has 6 nitrogen and oxygen atoms in total. The van der Waals surface area contributed by atoms with E-state index in [4.69, 9.17) is 9.47 Å². The summed E-state index contributed by atoms with van der Waals surface area (Å²) in [4.78, 5) is 25.6. The zero-order valence-corrected chi connectivity index (χ0v) is 10.3. The van der Waals surface area contributed by atoms with Gasteiger partial charge in [0.15, 0.2) is 0 Å². The Labute approximate surface area is 106 Å². The number of carbonyl (C=O) groups excluding carboxylic acids is 2. The minimum absolute atomic E-state index is 0.114. The molecule has 18 heavy (non-hydrogen) atoms. The lowest BCUT2D eigenvalue weighted by atomic mass is 9.97. The molecule has 3 heterocycles. The lowest BCUT2D eigenvalue weighted by Crippen LogP contribution is -2.47. The standard InChI is InChI=1S/C12H18N2O4/c15-10-12(3-6-18-8-12)13-11(16)14(10)7-9-1-4-17-5-2-9/h9H,1-8H2,(H,13,16). The van der Waals surface area contributed by atoms with Crippen molar-refractivity contribution in [3.05, 3.63) is 0 Å². The van der Waals surface area contributed by atoms with Crippen LogP contribution in [0.5, 0.6) is 0 Å². The minimum atomic E-state index is -0.776. The molecule has 0 aromatic carbocycles. The highest BCUT2D eigenvalue weighted by atomic mass is 16.5. The molecule has 1 unspecified atom stereocenters. The van der Waals surface area contributed by atoms with Crippen LogP contribution in [0.2, 0.25) is 0 Å². The van der Waals surface area contributed by atoms with Gasteiger partial charge in [-0.05, 0) is 18.8 Å². The summed E-state index contributed by atoms with van der Waals surface area (Å²) < 4.78 is 10.5. The van der Waals surface area contributed by atoms with E-state index >= 15 is 0 Å². The van der Waals surface area contributed by atoms with E-state index in [0.717, 1.165) is 26.1 Å². The molecular weight excluding hydrogens is 236 g/mol. The number of carbonyl (C=O) groups is 2. The lowest BCUT2D eigenvalue weighted by Gasteiger charge is -2.26. The highest BCUT2D eigenvalue weighted by molar-refractivity contribution is 6.07. The van der Waals surface area contributed by atoms with Crippen molar-refractivity contribution < 1.29 is 19.1 Å². The van der Waals surface area contributed by atoms with Crippen LogP contribution < -0.4 is 5.32 Å². The molecule has 3 aliphatic heterocycles. The molecule has 1 N–H and O–H groups in total. The maximum atomic E-state index is 12.3. The van der Waals surface area contributed by atoms with Gasteiger partial charge in [0.05, 0.1) is 6.61 Å². The van der Waals surface area contributed by atoms with Crippen molar-refractivity contribution in [3.63, 3.8) is 0 Å². The number of hydrogen-bond donors (Lipinski definition) is 1. The highest BCUT2D eigenvalue weighted by Gasteiger charge is 2.53. The highest BCUT2D eigenvalue weighted by Crippen LogP contribution is 2.28. The number of imide groups is 1. The van der Waals surface area contributed by atoms with Crippen LogP contribution in [-0.2, 0) is 14.3 Å². The Bertz CT molecular complexity index is 359. The molecule has 0 aromatic rings. The third-order valence-corrected chi connectivity index (χ3v) is 4.05. The van der Waals surface area contributed by atoms with Gasteiger partial charge in [0, 0.05) is 32.8 Å². The van der Waals surface area contributed by atoms with Gasteiger partial charge in [-0.3, -0.25) is 9.69 Å². The van der Waals surface area contributed by atoms with Gasteiger partial charge >= 0.3 is 6.03 Å². The Hall–Kier alpha value is -1.14. The molecule has 3 fully saturated rings. The number of nitrogens with one attached hydrogen (secondary N) is 1. The van der Waals surface area contributed by atoms with Crippen LogP contribution >= 0.6 is 0 Å². The van der Waals surface area contributed by atoms with E-state index in [1.807, 2.05) is 0 Å². The fourth-order valence-electron chi connectivity index (χ4n) is 2.86. The molecule has 3 aliphatic rings. The number of rotatable bonds is 2. The molecule has 100 valence electrons. The SMILES string of the molecule is O=C1NC2(CCOC2)C(=O)N1CC1CCOCC1. The number of hydrogen-bond acceptors (Lipinski definition) is 4. The van der Waals surface area contributed by atoms with Crippen LogP contribution in [0.25, 0.3) is 0 Å². The van der Waals surface area contributed by atoms with Gasteiger partial charge in [0.2, 0.25) is 0 Å². The van der Waals surface area contributed by atoms with Crippen molar-refractivity contribution in [2.75, 3.05) is 33.0 Å². The summed E-state index contributed by atoms with van der Waals surface area (Å²) in [5.41, 5.74) is -0.776. The summed E-state index contributed by atoms with van der Waals surface area (Å²) in [6.07, 6.45) is 2.42. The predicted molar refractivity (Wildman–Crippen MR) is 62.0 cm³/mol. The molecule has 0 aliphatic carbocycles. The van der Waals surface area contributed by atoms with Gasteiger partial charge in [0.25, 0.3) is 5.91 Å². The fourth-order valence-corrected chi connectivity index (χ4v) is 2.86. The summed E-state index contributed by atoms with van der Waals surface area (Å²) in [5.74, 6) is 0.252. The van der Waals surface area contributed by atoms with Crippen molar-refractivity contribution in [2.24, 2.45) is 5.92 Å². The Balaban J connectivity index is 1.68. The van der Waals surface area contributed by atoms with Crippen molar-refractivity contribution >= 4 is 11.9 Å². The van der Waals surface area contributed by atoms with E-state index in [1.54, 1.807) is 0 Å². The second kappa shape index (κ2) is 4.51. The maximum Gasteiger partial charge on any atom is 0.325 e. The quantitative estimate of drug-likeness (QED) is 0.711. The molecule has 0 radical (unpaired) electrons. The first-order chi connectivity index (χ1) is 8.71. The first-order valence-corrected chi connectivity index (χ1v) is 6.51. The van der Waals surface area contributed by atoms with Crippen LogP contribution in [-0.4, -0.2) is 55.3 Å². The van der Waals surface area contributed by atoms with Gasteiger partial charge in [-0.25, -0.2) is 4.79 Å². The number of urea groups is 1. The van der Waals surface area contributed by atoms with E-state index < -0.39 is 5.54 Å². The van der Waals surface area contributed by atoms with Gasteiger partial charge in [-0.2, -0.15) is 0 Å². The van der Waals surface area contributed by atoms with Crippen LogP contribution in [0.4, 0.5) is 4.79 Å².